The molecular formula is C16H25N3O. The Morgan fingerprint density at radius 3 is 2.90 bits per heavy atom. The number of nitrogens with one attached hydrogen (secondary N) is 2. The van der Waals surface area contributed by atoms with E-state index in [1.54, 1.807) is 0 Å². The number of amides is 1. The predicted molar refractivity (Wildman–Crippen MR) is 82.0 cm³/mol. The van der Waals surface area contributed by atoms with Crippen molar-refractivity contribution in [1.82, 2.24) is 10.3 Å². The summed E-state index contributed by atoms with van der Waals surface area (Å²) in [6, 6.07) is 4.00. The van der Waals surface area contributed by atoms with Crippen molar-refractivity contribution in [2.45, 2.75) is 52.5 Å². The summed E-state index contributed by atoms with van der Waals surface area (Å²) in [4.78, 5) is 16.7. The molecule has 4 nitrogen and oxygen atoms in total. The van der Waals surface area contributed by atoms with E-state index in [9.17, 15) is 4.79 Å². The van der Waals surface area contributed by atoms with Crippen LogP contribution in [0.2, 0.25) is 0 Å². The highest BCUT2D eigenvalue weighted by Gasteiger charge is 2.21. The fourth-order valence-electron chi connectivity index (χ4n) is 2.91. The van der Waals surface area contributed by atoms with Gasteiger partial charge in [0.15, 0.2) is 0 Å². The molecule has 110 valence electrons. The fraction of sp³-hybridized carbons (Fsp3) is 0.625. The standard InChI is InChI=1S/C16H25N3O/c1-4-17-15-10-13(9-12(3)18-15)16(20)19-14-7-5-6-11(2)8-14/h9-11,14H,4-8H2,1-3H3,(H,17,18)(H,19,20). The number of hydrogen-bond acceptors (Lipinski definition) is 3. The fourth-order valence-corrected chi connectivity index (χ4v) is 2.91. The molecule has 4 heteroatoms. The molecule has 1 aromatic rings. The molecule has 1 amide bonds. The summed E-state index contributed by atoms with van der Waals surface area (Å²) in [6.07, 6.45) is 4.69. The van der Waals surface area contributed by atoms with Gasteiger partial charge in [-0.1, -0.05) is 19.8 Å². The molecule has 1 fully saturated rings. The number of aromatic nitrogens is 1. The first-order chi connectivity index (χ1) is 9.58. The number of rotatable bonds is 4. The van der Waals surface area contributed by atoms with Gasteiger partial charge in [0.1, 0.15) is 5.82 Å². The van der Waals surface area contributed by atoms with Crippen LogP contribution < -0.4 is 10.6 Å². The van der Waals surface area contributed by atoms with Crippen molar-refractivity contribution < 1.29 is 4.79 Å². The second kappa shape index (κ2) is 6.73. The lowest BCUT2D eigenvalue weighted by Gasteiger charge is -2.27. The van der Waals surface area contributed by atoms with Gasteiger partial charge in [0.05, 0.1) is 0 Å². The quantitative estimate of drug-likeness (QED) is 0.887. The van der Waals surface area contributed by atoms with Crippen LogP contribution in [-0.2, 0) is 0 Å². The second-order valence-corrected chi connectivity index (χ2v) is 5.85. The number of carbonyl (C=O) groups is 1. The molecule has 0 bridgehead atoms. The number of anilines is 1. The topological polar surface area (TPSA) is 54.0 Å². The highest BCUT2D eigenvalue weighted by Crippen LogP contribution is 2.23. The van der Waals surface area contributed by atoms with E-state index in [1.807, 2.05) is 26.0 Å². The Kier molecular flexibility index (Phi) is 4.99. The van der Waals surface area contributed by atoms with Crippen LogP contribution in [0.15, 0.2) is 12.1 Å². The number of aryl methyl sites for hydroxylation is 1. The molecule has 1 heterocycles. The molecule has 2 unspecified atom stereocenters. The zero-order valence-corrected chi connectivity index (χ0v) is 12.7. The summed E-state index contributed by atoms with van der Waals surface area (Å²) >= 11 is 0. The predicted octanol–water partition coefficient (Wildman–Crippen LogP) is 3.13. The van der Waals surface area contributed by atoms with Crippen molar-refractivity contribution in [1.29, 1.82) is 0 Å². The summed E-state index contributed by atoms with van der Waals surface area (Å²) in [5, 5.41) is 6.33. The first-order valence-corrected chi connectivity index (χ1v) is 7.62. The Hall–Kier alpha value is -1.58. The van der Waals surface area contributed by atoms with Crippen molar-refractivity contribution in [3.63, 3.8) is 0 Å². The third-order valence-corrected chi connectivity index (χ3v) is 3.85. The second-order valence-electron chi connectivity index (χ2n) is 5.85. The van der Waals surface area contributed by atoms with Crippen LogP contribution in [0.5, 0.6) is 0 Å². The molecule has 0 aromatic carbocycles. The summed E-state index contributed by atoms with van der Waals surface area (Å²) in [5.41, 5.74) is 1.57. The molecule has 0 spiro atoms. The van der Waals surface area contributed by atoms with Crippen molar-refractivity contribution in [2.24, 2.45) is 5.92 Å². The van der Waals surface area contributed by atoms with E-state index >= 15 is 0 Å². The lowest BCUT2D eigenvalue weighted by atomic mass is 9.87. The summed E-state index contributed by atoms with van der Waals surface area (Å²) < 4.78 is 0. The highest BCUT2D eigenvalue weighted by molar-refractivity contribution is 5.95. The van der Waals surface area contributed by atoms with E-state index in [-0.39, 0.29) is 5.91 Å². The van der Waals surface area contributed by atoms with Crippen LogP contribution in [0.25, 0.3) is 0 Å². The summed E-state index contributed by atoms with van der Waals surface area (Å²) in [5.74, 6) is 1.51. The normalized spacial score (nSPS) is 22.4. The molecule has 2 N–H and O–H groups in total. The van der Waals surface area contributed by atoms with Gasteiger partial charge >= 0.3 is 0 Å². The third kappa shape index (κ3) is 3.95. The molecule has 1 saturated carbocycles. The smallest absolute Gasteiger partial charge is 0.251 e. The maximum atomic E-state index is 12.4. The van der Waals surface area contributed by atoms with E-state index in [2.05, 4.69) is 22.5 Å². The molecule has 1 aromatic heterocycles. The van der Waals surface area contributed by atoms with Gasteiger partial charge in [-0.25, -0.2) is 4.98 Å². The minimum absolute atomic E-state index is 0.0220. The van der Waals surface area contributed by atoms with Gasteiger partial charge in [-0.3, -0.25) is 4.79 Å². The van der Waals surface area contributed by atoms with Crippen molar-refractivity contribution in [2.75, 3.05) is 11.9 Å². The van der Waals surface area contributed by atoms with Gasteiger partial charge < -0.3 is 10.6 Å². The maximum absolute atomic E-state index is 12.4. The molecule has 1 aliphatic carbocycles. The Morgan fingerprint density at radius 2 is 2.20 bits per heavy atom. The molecular weight excluding hydrogens is 250 g/mol. The first-order valence-electron chi connectivity index (χ1n) is 7.62. The first kappa shape index (κ1) is 14.8. The Morgan fingerprint density at radius 1 is 1.40 bits per heavy atom. The summed E-state index contributed by atoms with van der Waals surface area (Å²) in [6.45, 7) is 7.00. The largest absolute Gasteiger partial charge is 0.370 e. The highest BCUT2D eigenvalue weighted by atomic mass is 16.1. The van der Waals surface area contributed by atoms with E-state index in [4.69, 9.17) is 0 Å². The van der Waals surface area contributed by atoms with Crippen molar-refractivity contribution in [3.8, 4) is 0 Å². The molecule has 0 aliphatic heterocycles. The van der Waals surface area contributed by atoms with Gasteiger partial charge in [-0.2, -0.15) is 0 Å². The molecule has 0 radical (unpaired) electrons. The van der Waals surface area contributed by atoms with Gasteiger partial charge in [0.25, 0.3) is 5.91 Å². The number of hydrogen-bond donors (Lipinski definition) is 2. The van der Waals surface area contributed by atoms with Crippen LogP contribution in [-0.4, -0.2) is 23.5 Å². The zero-order valence-electron chi connectivity index (χ0n) is 12.7. The Labute approximate surface area is 121 Å². The van der Waals surface area contributed by atoms with Gasteiger partial charge in [-0.15, -0.1) is 0 Å². The average molecular weight is 275 g/mol. The van der Waals surface area contributed by atoms with Crippen LogP contribution in [0.4, 0.5) is 5.82 Å². The van der Waals surface area contributed by atoms with E-state index in [0.29, 0.717) is 17.5 Å². The third-order valence-electron chi connectivity index (χ3n) is 3.85. The van der Waals surface area contributed by atoms with Crippen LogP contribution >= 0.6 is 0 Å². The molecule has 2 atom stereocenters. The number of nitrogens with zero attached hydrogens (tertiary/aromatic N) is 1. The SMILES string of the molecule is CCNc1cc(C(=O)NC2CCCC(C)C2)cc(C)n1. The minimum Gasteiger partial charge on any atom is -0.370 e. The van der Waals surface area contributed by atoms with Crippen molar-refractivity contribution in [3.05, 3.63) is 23.4 Å². The molecule has 20 heavy (non-hydrogen) atoms. The van der Waals surface area contributed by atoms with E-state index in [0.717, 1.165) is 30.9 Å². The van der Waals surface area contributed by atoms with E-state index < -0.39 is 0 Å². The Balaban J connectivity index is 2.04. The number of carbonyl (C=O) groups excluding carboxylic acids is 1. The monoisotopic (exact) mass is 275 g/mol. The van der Waals surface area contributed by atoms with Gasteiger partial charge in [0, 0.05) is 23.8 Å². The van der Waals surface area contributed by atoms with Gasteiger partial charge in [-0.05, 0) is 44.7 Å². The van der Waals surface area contributed by atoms with E-state index in [1.165, 1.54) is 12.8 Å². The summed E-state index contributed by atoms with van der Waals surface area (Å²) in [7, 11) is 0. The van der Waals surface area contributed by atoms with Crippen LogP contribution in [0.3, 0.4) is 0 Å². The lowest BCUT2D eigenvalue weighted by Crippen LogP contribution is -2.38. The van der Waals surface area contributed by atoms with Crippen LogP contribution in [0.1, 0.15) is 55.6 Å². The zero-order chi connectivity index (χ0) is 14.5. The average Bonchev–Trinajstić information content (AvgIpc) is 2.38. The van der Waals surface area contributed by atoms with Crippen molar-refractivity contribution >= 4 is 11.7 Å². The lowest BCUT2D eigenvalue weighted by molar-refractivity contribution is 0.0921. The number of pyridine rings is 1. The Bertz CT molecular complexity index is 473. The minimum atomic E-state index is 0.0220. The van der Waals surface area contributed by atoms with Crippen LogP contribution in [0, 0.1) is 12.8 Å². The molecule has 2 rings (SSSR count). The maximum Gasteiger partial charge on any atom is 0.251 e. The molecule has 1 aliphatic rings. The molecule has 0 saturated heterocycles. The van der Waals surface area contributed by atoms with Gasteiger partial charge in [0.2, 0.25) is 0 Å².